The lowest BCUT2D eigenvalue weighted by atomic mass is 9.98. The summed E-state index contributed by atoms with van der Waals surface area (Å²) in [5.41, 5.74) is 1.72. The molecule has 4 aromatic rings. The average Bonchev–Trinajstić information content (AvgIpc) is 3.40. The predicted octanol–water partition coefficient (Wildman–Crippen LogP) is 4.02. The molecule has 1 aliphatic heterocycles. The van der Waals surface area contributed by atoms with Crippen LogP contribution in [0.1, 0.15) is 12.1 Å². The van der Waals surface area contributed by atoms with Crippen molar-refractivity contribution in [2.45, 2.75) is 18.2 Å². The Morgan fingerprint density at radius 3 is 2.66 bits per heavy atom. The van der Waals surface area contributed by atoms with Crippen LogP contribution in [0.15, 0.2) is 47.8 Å². The molecule has 2 N–H and O–H groups in total. The standard InChI is InChI=1S/C26H24F2N4O5S/c1-14-18-7-16(9-21(25(18)32-13-31-14)37-12-15-5-6-36-11-15)17-8-19(26(35-2)30-10-17)23-20(27)3-4-22(24(23)28)38(29,33)34/h3-4,7-10,13,15H,5-6,11-12H2,1-2H3,(H2,29,33,34). The first-order valence-electron chi connectivity index (χ1n) is 11.7. The van der Waals surface area contributed by atoms with Gasteiger partial charge in [0, 0.05) is 35.4 Å². The second-order valence-electron chi connectivity index (χ2n) is 8.93. The van der Waals surface area contributed by atoms with E-state index in [0.29, 0.717) is 47.9 Å². The van der Waals surface area contributed by atoms with E-state index in [1.807, 2.05) is 13.0 Å². The first kappa shape index (κ1) is 25.9. The molecule has 1 fully saturated rings. The normalized spacial score (nSPS) is 15.7. The summed E-state index contributed by atoms with van der Waals surface area (Å²) in [6, 6.07) is 6.68. The summed E-state index contributed by atoms with van der Waals surface area (Å²) in [5, 5.41) is 5.86. The molecule has 1 atom stereocenters. The van der Waals surface area contributed by atoms with Crippen LogP contribution in [0.2, 0.25) is 0 Å². The molecule has 1 saturated heterocycles. The van der Waals surface area contributed by atoms with Gasteiger partial charge in [-0.25, -0.2) is 37.3 Å². The van der Waals surface area contributed by atoms with Crippen LogP contribution in [0, 0.1) is 24.5 Å². The topological polar surface area (TPSA) is 127 Å². The van der Waals surface area contributed by atoms with E-state index in [4.69, 9.17) is 19.3 Å². The van der Waals surface area contributed by atoms with E-state index in [2.05, 4.69) is 15.0 Å². The lowest BCUT2D eigenvalue weighted by Crippen LogP contribution is -2.15. The number of rotatable bonds is 7. The minimum atomic E-state index is -4.45. The van der Waals surface area contributed by atoms with Gasteiger partial charge >= 0.3 is 0 Å². The van der Waals surface area contributed by atoms with E-state index in [1.165, 1.54) is 25.7 Å². The van der Waals surface area contributed by atoms with Crippen LogP contribution in [0.25, 0.3) is 33.2 Å². The maximum absolute atomic E-state index is 15.3. The second-order valence-corrected chi connectivity index (χ2v) is 10.5. The van der Waals surface area contributed by atoms with E-state index < -0.39 is 32.1 Å². The van der Waals surface area contributed by atoms with E-state index in [1.54, 1.807) is 6.07 Å². The molecule has 12 heteroatoms. The number of aromatic nitrogens is 3. The fraction of sp³-hybridized carbons (Fsp3) is 0.269. The first-order valence-corrected chi connectivity index (χ1v) is 13.2. The molecule has 0 amide bonds. The number of halogens is 2. The number of pyridine rings is 1. The van der Waals surface area contributed by atoms with Crippen molar-refractivity contribution in [2.75, 3.05) is 26.9 Å². The third-order valence-electron chi connectivity index (χ3n) is 6.41. The Morgan fingerprint density at radius 2 is 1.95 bits per heavy atom. The number of ether oxygens (including phenoxy) is 3. The maximum atomic E-state index is 15.3. The Labute approximate surface area is 217 Å². The summed E-state index contributed by atoms with van der Waals surface area (Å²) >= 11 is 0. The summed E-state index contributed by atoms with van der Waals surface area (Å²) in [7, 11) is -3.16. The van der Waals surface area contributed by atoms with Crippen molar-refractivity contribution in [3.05, 3.63) is 60.2 Å². The monoisotopic (exact) mass is 542 g/mol. The number of benzene rings is 2. The van der Waals surface area contributed by atoms with Gasteiger partial charge < -0.3 is 14.2 Å². The van der Waals surface area contributed by atoms with E-state index in [0.717, 1.165) is 23.9 Å². The van der Waals surface area contributed by atoms with Crippen LogP contribution < -0.4 is 14.6 Å². The number of primary sulfonamides is 1. The van der Waals surface area contributed by atoms with Crippen molar-refractivity contribution in [1.82, 2.24) is 15.0 Å². The number of aryl methyl sites for hydroxylation is 1. The SMILES string of the molecule is COc1ncc(-c2cc(OCC3CCOC3)c3ncnc(C)c3c2)cc1-c1c(F)ccc(S(N)(=O)=O)c1F. The molecule has 198 valence electrons. The largest absolute Gasteiger partial charge is 0.491 e. The van der Waals surface area contributed by atoms with Gasteiger partial charge in [-0.05, 0) is 49.2 Å². The minimum Gasteiger partial charge on any atom is -0.491 e. The molecule has 2 aromatic carbocycles. The molecule has 1 aliphatic rings. The van der Waals surface area contributed by atoms with Gasteiger partial charge in [-0.1, -0.05) is 0 Å². The zero-order valence-corrected chi connectivity index (χ0v) is 21.4. The molecular formula is C26H24F2N4O5S. The van der Waals surface area contributed by atoms with E-state index >= 15 is 4.39 Å². The zero-order valence-electron chi connectivity index (χ0n) is 20.6. The summed E-state index contributed by atoms with van der Waals surface area (Å²) in [6.45, 7) is 3.58. The number of sulfonamides is 1. The van der Waals surface area contributed by atoms with Gasteiger partial charge in [-0.3, -0.25) is 0 Å². The highest BCUT2D eigenvalue weighted by atomic mass is 32.2. The average molecular weight is 543 g/mol. The number of hydrogen-bond donors (Lipinski definition) is 1. The van der Waals surface area contributed by atoms with Crippen molar-refractivity contribution >= 4 is 20.9 Å². The third kappa shape index (κ3) is 4.89. The molecule has 5 rings (SSSR count). The first-order chi connectivity index (χ1) is 18.2. The zero-order chi connectivity index (χ0) is 27.0. The Morgan fingerprint density at radius 1 is 1.13 bits per heavy atom. The molecule has 0 bridgehead atoms. The molecule has 3 heterocycles. The van der Waals surface area contributed by atoms with Crippen molar-refractivity contribution < 1.29 is 31.4 Å². The molecule has 38 heavy (non-hydrogen) atoms. The van der Waals surface area contributed by atoms with Crippen molar-refractivity contribution in [3.63, 3.8) is 0 Å². The number of fused-ring (bicyclic) bond motifs is 1. The molecular weight excluding hydrogens is 518 g/mol. The van der Waals surface area contributed by atoms with Crippen molar-refractivity contribution in [2.24, 2.45) is 11.1 Å². The number of methoxy groups -OCH3 is 1. The van der Waals surface area contributed by atoms with Gasteiger partial charge in [-0.15, -0.1) is 0 Å². The fourth-order valence-corrected chi connectivity index (χ4v) is 5.02. The lowest BCUT2D eigenvalue weighted by molar-refractivity contribution is 0.167. The molecule has 0 aliphatic carbocycles. The Hall–Kier alpha value is -3.74. The van der Waals surface area contributed by atoms with Gasteiger partial charge in [0.25, 0.3) is 0 Å². The van der Waals surface area contributed by atoms with Crippen LogP contribution in [-0.2, 0) is 14.8 Å². The van der Waals surface area contributed by atoms with Gasteiger partial charge in [0.1, 0.15) is 28.3 Å². The van der Waals surface area contributed by atoms with Gasteiger partial charge in [0.05, 0.1) is 31.5 Å². The summed E-state index contributed by atoms with van der Waals surface area (Å²) in [4.78, 5) is 12.1. The van der Waals surface area contributed by atoms with Crippen LogP contribution >= 0.6 is 0 Å². The Bertz CT molecular complexity index is 1640. The van der Waals surface area contributed by atoms with Crippen LogP contribution in [0.5, 0.6) is 11.6 Å². The van der Waals surface area contributed by atoms with Gasteiger partial charge in [0.15, 0.2) is 5.82 Å². The minimum absolute atomic E-state index is 0.0859. The fourth-order valence-electron chi connectivity index (χ4n) is 4.41. The third-order valence-corrected chi connectivity index (χ3v) is 7.34. The number of hydrogen-bond acceptors (Lipinski definition) is 8. The summed E-state index contributed by atoms with van der Waals surface area (Å²) in [6.07, 6.45) is 3.84. The van der Waals surface area contributed by atoms with Gasteiger partial charge in [-0.2, -0.15) is 0 Å². The lowest BCUT2D eigenvalue weighted by Gasteiger charge is -2.16. The molecule has 2 aromatic heterocycles. The molecule has 0 radical (unpaired) electrons. The summed E-state index contributed by atoms with van der Waals surface area (Å²) in [5.74, 6) is -1.67. The molecule has 0 saturated carbocycles. The van der Waals surface area contributed by atoms with E-state index in [-0.39, 0.29) is 17.4 Å². The highest BCUT2D eigenvalue weighted by Crippen LogP contribution is 2.39. The van der Waals surface area contributed by atoms with Gasteiger partial charge in [0.2, 0.25) is 15.9 Å². The predicted molar refractivity (Wildman–Crippen MR) is 135 cm³/mol. The Balaban J connectivity index is 1.67. The molecule has 1 unspecified atom stereocenters. The van der Waals surface area contributed by atoms with Crippen LogP contribution in [0.3, 0.4) is 0 Å². The highest BCUT2D eigenvalue weighted by molar-refractivity contribution is 7.89. The van der Waals surface area contributed by atoms with Crippen LogP contribution in [-0.4, -0.2) is 50.3 Å². The van der Waals surface area contributed by atoms with Crippen LogP contribution in [0.4, 0.5) is 8.78 Å². The van der Waals surface area contributed by atoms with Crippen molar-refractivity contribution in [1.29, 1.82) is 0 Å². The summed E-state index contributed by atoms with van der Waals surface area (Å²) < 4.78 is 70.8. The quantitative estimate of drug-likeness (QED) is 0.371. The molecule has 9 nitrogen and oxygen atoms in total. The number of nitrogens with zero attached hydrogens (tertiary/aromatic N) is 3. The Kier molecular flexibility index (Phi) is 6.95. The smallest absolute Gasteiger partial charge is 0.240 e. The van der Waals surface area contributed by atoms with E-state index in [9.17, 15) is 12.8 Å². The highest BCUT2D eigenvalue weighted by Gasteiger charge is 2.25. The van der Waals surface area contributed by atoms with Crippen molar-refractivity contribution in [3.8, 4) is 33.9 Å². The molecule has 0 spiro atoms. The maximum Gasteiger partial charge on any atom is 0.240 e. The number of nitrogens with two attached hydrogens (primary N) is 1. The second kappa shape index (κ2) is 10.2.